The third kappa shape index (κ3) is 3.73. The van der Waals surface area contributed by atoms with E-state index in [2.05, 4.69) is 24.9 Å². The van der Waals surface area contributed by atoms with Gasteiger partial charge in [0.15, 0.2) is 0 Å². The number of hydrogen-bond donors (Lipinski definition) is 2. The molecule has 1 aromatic heterocycles. The number of fused-ring (bicyclic) bond motifs is 1. The number of amides is 1. The highest BCUT2D eigenvalue weighted by molar-refractivity contribution is 6.14. The first-order valence-electron chi connectivity index (χ1n) is 10.4. The molecule has 32 heavy (non-hydrogen) atoms. The number of carbonyl (C=O) groups is 1. The first kappa shape index (κ1) is 21.2. The molecule has 1 heterocycles. The molecular weight excluding hydrogens is 398 g/mol. The van der Waals surface area contributed by atoms with Crippen LogP contribution in [-0.2, 0) is 7.05 Å². The zero-order valence-corrected chi connectivity index (χ0v) is 18.8. The predicted molar refractivity (Wildman–Crippen MR) is 132 cm³/mol. The van der Waals surface area contributed by atoms with Gasteiger partial charge in [-0.05, 0) is 72.0 Å². The highest BCUT2D eigenvalue weighted by Crippen LogP contribution is 2.32. The number of ether oxygens (including phenoxy) is 1. The summed E-state index contributed by atoms with van der Waals surface area (Å²) in [6.45, 7) is 8.43. The monoisotopic (exact) mass is 425 g/mol. The van der Waals surface area contributed by atoms with Gasteiger partial charge < -0.3 is 20.4 Å². The van der Waals surface area contributed by atoms with Gasteiger partial charge in [0.2, 0.25) is 0 Å². The lowest BCUT2D eigenvalue weighted by molar-refractivity contribution is 0.102. The van der Waals surface area contributed by atoms with Crippen LogP contribution >= 0.6 is 0 Å². The van der Waals surface area contributed by atoms with Gasteiger partial charge in [0.05, 0.1) is 24.0 Å². The molecular formula is C27H27N3O2. The summed E-state index contributed by atoms with van der Waals surface area (Å²) >= 11 is 0. The third-order valence-electron chi connectivity index (χ3n) is 5.98. The molecule has 0 unspecified atom stereocenters. The van der Waals surface area contributed by atoms with Gasteiger partial charge in [-0.3, -0.25) is 4.79 Å². The standard InChI is InChI=1S/C27H27N3O2/c1-16-12-20(14-26(32-5)17(16)2)18(3)19-10-11-25-21(13-19)22(15-30(25)4)27(31)29-24-9-7-6-8-23(24)28/h6-15H,3,28H2,1-2,4-5H3,(H,29,31). The van der Waals surface area contributed by atoms with Crippen molar-refractivity contribution in [2.24, 2.45) is 7.05 Å². The molecule has 0 saturated carbocycles. The minimum atomic E-state index is -0.205. The van der Waals surface area contributed by atoms with Gasteiger partial charge in [0.1, 0.15) is 5.75 Å². The van der Waals surface area contributed by atoms with Crippen LogP contribution in [0.5, 0.6) is 5.75 Å². The van der Waals surface area contributed by atoms with Gasteiger partial charge in [0.25, 0.3) is 5.91 Å². The maximum atomic E-state index is 13.1. The van der Waals surface area contributed by atoms with Crippen molar-refractivity contribution in [2.75, 3.05) is 18.2 Å². The van der Waals surface area contributed by atoms with Crippen molar-refractivity contribution in [3.8, 4) is 5.75 Å². The second-order valence-corrected chi connectivity index (χ2v) is 8.03. The van der Waals surface area contributed by atoms with E-state index in [0.29, 0.717) is 16.9 Å². The molecule has 0 fully saturated rings. The molecule has 5 nitrogen and oxygen atoms in total. The number of anilines is 2. The molecule has 0 aliphatic carbocycles. The molecule has 0 aliphatic heterocycles. The van der Waals surface area contributed by atoms with Crippen LogP contribution in [0, 0.1) is 13.8 Å². The van der Waals surface area contributed by atoms with Crippen molar-refractivity contribution >= 4 is 33.8 Å². The Labute approximate surface area is 188 Å². The van der Waals surface area contributed by atoms with E-state index >= 15 is 0 Å². The van der Waals surface area contributed by atoms with Gasteiger partial charge >= 0.3 is 0 Å². The van der Waals surface area contributed by atoms with Crippen molar-refractivity contribution in [2.45, 2.75) is 13.8 Å². The number of nitrogen functional groups attached to an aromatic ring is 1. The lowest BCUT2D eigenvalue weighted by atomic mass is 9.94. The molecule has 0 aliphatic rings. The minimum Gasteiger partial charge on any atom is -0.496 e. The van der Waals surface area contributed by atoms with Gasteiger partial charge in [-0.15, -0.1) is 0 Å². The van der Waals surface area contributed by atoms with Crippen LogP contribution in [0.1, 0.15) is 32.6 Å². The quantitative estimate of drug-likeness (QED) is 0.403. The number of hydrogen-bond acceptors (Lipinski definition) is 3. The highest BCUT2D eigenvalue weighted by Gasteiger charge is 2.17. The number of nitrogens with one attached hydrogen (secondary N) is 1. The average Bonchev–Trinajstić information content (AvgIpc) is 3.12. The summed E-state index contributed by atoms with van der Waals surface area (Å²) < 4.78 is 7.48. The zero-order valence-electron chi connectivity index (χ0n) is 18.8. The van der Waals surface area contributed by atoms with Gasteiger partial charge in [-0.2, -0.15) is 0 Å². The normalized spacial score (nSPS) is 10.9. The van der Waals surface area contributed by atoms with Gasteiger partial charge in [-0.25, -0.2) is 0 Å². The van der Waals surface area contributed by atoms with Crippen molar-refractivity contribution in [3.63, 3.8) is 0 Å². The molecule has 162 valence electrons. The highest BCUT2D eigenvalue weighted by atomic mass is 16.5. The second-order valence-electron chi connectivity index (χ2n) is 8.03. The predicted octanol–water partition coefficient (Wildman–Crippen LogP) is 5.70. The van der Waals surface area contributed by atoms with E-state index in [-0.39, 0.29) is 5.91 Å². The van der Waals surface area contributed by atoms with E-state index in [1.165, 1.54) is 0 Å². The Bertz CT molecular complexity index is 1370. The molecule has 0 bridgehead atoms. The summed E-state index contributed by atoms with van der Waals surface area (Å²) in [7, 11) is 3.60. The fourth-order valence-electron chi connectivity index (χ4n) is 3.94. The average molecular weight is 426 g/mol. The van der Waals surface area contributed by atoms with Crippen molar-refractivity contribution in [1.82, 2.24) is 4.57 Å². The van der Waals surface area contributed by atoms with Crippen LogP contribution in [0.2, 0.25) is 0 Å². The van der Waals surface area contributed by atoms with E-state index < -0.39 is 0 Å². The summed E-state index contributed by atoms with van der Waals surface area (Å²) in [6, 6.07) is 17.4. The smallest absolute Gasteiger partial charge is 0.257 e. The number of carbonyl (C=O) groups excluding carboxylic acids is 1. The van der Waals surface area contributed by atoms with E-state index in [1.807, 2.05) is 61.1 Å². The molecule has 5 heteroatoms. The first-order chi connectivity index (χ1) is 15.3. The SMILES string of the molecule is C=C(c1cc(C)c(C)c(OC)c1)c1ccc2c(c1)c(C(=O)Nc1ccccc1N)cn2C. The lowest BCUT2D eigenvalue weighted by Gasteiger charge is -2.13. The number of benzene rings is 3. The Hall–Kier alpha value is -3.99. The van der Waals surface area contributed by atoms with Crippen LogP contribution in [-0.4, -0.2) is 17.6 Å². The molecule has 0 saturated heterocycles. The third-order valence-corrected chi connectivity index (χ3v) is 5.98. The molecule has 3 aromatic carbocycles. The Balaban J connectivity index is 1.74. The van der Waals surface area contributed by atoms with Crippen LogP contribution in [0.25, 0.3) is 16.5 Å². The van der Waals surface area contributed by atoms with Crippen LogP contribution in [0.3, 0.4) is 0 Å². The first-order valence-corrected chi connectivity index (χ1v) is 10.4. The molecule has 4 rings (SSSR count). The fourth-order valence-corrected chi connectivity index (χ4v) is 3.94. The minimum absolute atomic E-state index is 0.205. The Morgan fingerprint density at radius 3 is 2.53 bits per heavy atom. The number of rotatable bonds is 5. The van der Waals surface area contributed by atoms with Crippen molar-refractivity contribution < 1.29 is 9.53 Å². The summed E-state index contributed by atoms with van der Waals surface area (Å²) in [5, 5.41) is 3.78. The lowest BCUT2D eigenvalue weighted by Crippen LogP contribution is -2.12. The zero-order chi connectivity index (χ0) is 23.0. The van der Waals surface area contributed by atoms with Crippen LogP contribution < -0.4 is 15.8 Å². The van der Waals surface area contributed by atoms with Crippen LogP contribution in [0.4, 0.5) is 11.4 Å². The largest absolute Gasteiger partial charge is 0.496 e. The van der Waals surface area contributed by atoms with E-state index in [1.54, 1.807) is 19.2 Å². The Morgan fingerprint density at radius 2 is 1.81 bits per heavy atom. The molecule has 1 amide bonds. The Morgan fingerprint density at radius 1 is 1.06 bits per heavy atom. The Kier molecular flexibility index (Phi) is 5.49. The summed E-state index contributed by atoms with van der Waals surface area (Å²) in [5.74, 6) is 0.631. The van der Waals surface area contributed by atoms with Crippen LogP contribution in [0.15, 0.2) is 67.4 Å². The molecule has 0 radical (unpaired) electrons. The second kappa shape index (κ2) is 8.27. The summed E-state index contributed by atoms with van der Waals surface area (Å²) in [6.07, 6.45) is 1.84. The molecule has 4 aromatic rings. The van der Waals surface area contributed by atoms with E-state index in [9.17, 15) is 4.79 Å². The van der Waals surface area contributed by atoms with E-state index in [0.717, 1.165) is 44.5 Å². The number of para-hydroxylation sites is 2. The summed E-state index contributed by atoms with van der Waals surface area (Å²) in [4.78, 5) is 13.1. The van der Waals surface area contributed by atoms with Crippen molar-refractivity contribution in [3.05, 3.63) is 95.2 Å². The topological polar surface area (TPSA) is 69.3 Å². The number of aryl methyl sites for hydroxylation is 2. The maximum absolute atomic E-state index is 13.1. The number of aromatic nitrogens is 1. The maximum Gasteiger partial charge on any atom is 0.257 e. The number of methoxy groups -OCH3 is 1. The number of nitrogens with zero attached hydrogens (tertiary/aromatic N) is 1. The fraction of sp³-hybridized carbons (Fsp3) is 0.148. The molecule has 0 spiro atoms. The van der Waals surface area contributed by atoms with Gasteiger partial charge in [-0.1, -0.05) is 30.8 Å². The van der Waals surface area contributed by atoms with E-state index in [4.69, 9.17) is 10.5 Å². The summed E-state index contributed by atoms with van der Waals surface area (Å²) in [5.41, 5.74) is 13.7. The molecule has 0 atom stereocenters. The van der Waals surface area contributed by atoms with Gasteiger partial charge in [0, 0.05) is 24.1 Å². The molecule has 3 N–H and O–H groups in total. The number of nitrogens with two attached hydrogens (primary N) is 1. The van der Waals surface area contributed by atoms with Crippen molar-refractivity contribution in [1.29, 1.82) is 0 Å².